The summed E-state index contributed by atoms with van der Waals surface area (Å²) < 4.78 is 36.7. The Morgan fingerprint density at radius 1 is 0.906 bits per heavy atom. The molecule has 0 aliphatic heterocycles. The molecule has 0 amide bonds. The maximum atomic E-state index is 13.6. The molecule has 0 N–H and O–H groups in total. The van der Waals surface area contributed by atoms with E-state index in [9.17, 15) is 17.6 Å². The van der Waals surface area contributed by atoms with Crippen LogP contribution in [0.1, 0.15) is 5.56 Å². The zero-order valence-electron chi connectivity index (χ0n) is 16.3. The summed E-state index contributed by atoms with van der Waals surface area (Å²) in [7, 11) is -2.54. The fourth-order valence-corrected chi connectivity index (χ4v) is 4.12. The van der Waals surface area contributed by atoms with Gasteiger partial charge in [0, 0.05) is 10.6 Å². The predicted octanol–water partition coefficient (Wildman–Crippen LogP) is 5.12. The first-order chi connectivity index (χ1) is 15.3. The van der Waals surface area contributed by atoms with E-state index in [-0.39, 0.29) is 10.8 Å². The monoisotopic (exact) mass is 488 g/mol. The van der Waals surface area contributed by atoms with E-state index < -0.39 is 22.1 Å². The zero-order valence-corrected chi connectivity index (χ0v) is 18.7. The predicted molar refractivity (Wildman–Crippen MR) is 125 cm³/mol. The normalized spacial score (nSPS) is 11.1. The van der Waals surface area contributed by atoms with E-state index in [1.807, 2.05) is 0 Å². The van der Waals surface area contributed by atoms with Crippen LogP contribution in [0, 0.1) is 5.82 Å². The molecule has 0 radical (unpaired) electrons. The second kappa shape index (κ2) is 9.24. The van der Waals surface area contributed by atoms with Crippen molar-refractivity contribution in [1.82, 2.24) is 9.78 Å². The molecule has 3 aromatic carbocycles. The third-order valence-electron chi connectivity index (χ3n) is 4.84. The lowest BCUT2D eigenvalue weighted by atomic mass is 9.96. The SMILES string of the molecule is O=c1c(-c2ccc(Cl)cc2)c(-c2ccc(C[SH](=O)=O)cc2)cnn1-c1ccc(F)c(Cl)c1. The van der Waals surface area contributed by atoms with Gasteiger partial charge in [0.2, 0.25) is 0 Å². The second-order valence-electron chi connectivity index (χ2n) is 6.94. The molecule has 0 aliphatic rings. The summed E-state index contributed by atoms with van der Waals surface area (Å²) in [6.45, 7) is 0. The smallest absolute Gasteiger partial charge is 0.267 e. The Kier molecular flexibility index (Phi) is 6.41. The first-order valence-corrected chi connectivity index (χ1v) is 11.5. The summed E-state index contributed by atoms with van der Waals surface area (Å²) >= 11 is 11.9. The highest BCUT2D eigenvalue weighted by Crippen LogP contribution is 2.30. The Labute approximate surface area is 194 Å². The first kappa shape index (κ1) is 22.2. The van der Waals surface area contributed by atoms with E-state index in [2.05, 4.69) is 5.10 Å². The maximum Gasteiger partial charge on any atom is 0.279 e. The average molecular weight is 489 g/mol. The Hall–Kier alpha value is -3.00. The lowest BCUT2D eigenvalue weighted by molar-refractivity contribution is 0.614. The van der Waals surface area contributed by atoms with Gasteiger partial charge in [-0.1, -0.05) is 59.6 Å². The number of thiol groups is 1. The number of halogens is 3. The van der Waals surface area contributed by atoms with Crippen molar-refractivity contribution in [1.29, 1.82) is 0 Å². The third-order valence-corrected chi connectivity index (χ3v) is 6.00. The number of rotatable bonds is 5. The van der Waals surface area contributed by atoms with Crippen LogP contribution in [0.4, 0.5) is 4.39 Å². The van der Waals surface area contributed by atoms with Crippen molar-refractivity contribution in [2.75, 3.05) is 0 Å². The standard InChI is InChI=1S/C23H15Cl2FN2O3S/c24-17-7-5-16(6-8-17)22-19(15-3-1-14(2-4-15)13-32(30)31)12-27-28(23(22)29)18-9-10-21(26)20(25)11-18/h1-12,32H,13H2. The number of benzene rings is 3. The molecule has 0 saturated carbocycles. The molecular formula is C23H15Cl2FN2O3S. The van der Waals surface area contributed by atoms with Crippen LogP contribution < -0.4 is 5.56 Å². The van der Waals surface area contributed by atoms with E-state index in [4.69, 9.17) is 23.2 Å². The number of aromatic nitrogens is 2. The van der Waals surface area contributed by atoms with Gasteiger partial charge in [0.25, 0.3) is 5.56 Å². The van der Waals surface area contributed by atoms with E-state index in [0.29, 0.717) is 38.5 Å². The third kappa shape index (κ3) is 4.60. The van der Waals surface area contributed by atoms with Crippen molar-refractivity contribution < 1.29 is 12.8 Å². The fourth-order valence-electron chi connectivity index (χ4n) is 3.31. The molecule has 0 unspecified atom stereocenters. The van der Waals surface area contributed by atoms with Gasteiger partial charge in [-0.25, -0.2) is 12.8 Å². The van der Waals surface area contributed by atoms with Crippen LogP contribution in [0.25, 0.3) is 27.9 Å². The van der Waals surface area contributed by atoms with E-state index in [0.717, 1.165) is 4.68 Å². The van der Waals surface area contributed by atoms with Crippen molar-refractivity contribution in [2.24, 2.45) is 0 Å². The summed E-state index contributed by atoms with van der Waals surface area (Å²) in [5.74, 6) is -0.664. The Morgan fingerprint density at radius 3 is 2.19 bits per heavy atom. The largest absolute Gasteiger partial charge is 0.279 e. The fraction of sp³-hybridized carbons (Fsp3) is 0.0435. The molecule has 0 bridgehead atoms. The molecule has 1 aromatic heterocycles. The highest BCUT2D eigenvalue weighted by molar-refractivity contribution is 7.71. The summed E-state index contributed by atoms with van der Waals surface area (Å²) in [6.07, 6.45) is 1.53. The van der Waals surface area contributed by atoms with Gasteiger partial charge in [0.05, 0.1) is 28.2 Å². The molecule has 0 aliphatic carbocycles. The van der Waals surface area contributed by atoms with Crippen LogP contribution in [0.3, 0.4) is 0 Å². The van der Waals surface area contributed by atoms with Gasteiger partial charge in [-0.2, -0.15) is 9.78 Å². The molecule has 4 rings (SSSR count). The van der Waals surface area contributed by atoms with Crippen LogP contribution in [-0.2, 0) is 16.5 Å². The maximum absolute atomic E-state index is 13.6. The molecule has 4 aromatic rings. The van der Waals surface area contributed by atoms with Crippen LogP contribution in [-0.4, -0.2) is 18.2 Å². The van der Waals surface area contributed by atoms with E-state index in [1.54, 1.807) is 48.5 Å². The lowest BCUT2D eigenvalue weighted by Gasteiger charge is -2.13. The highest BCUT2D eigenvalue weighted by Gasteiger charge is 2.17. The van der Waals surface area contributed by atoms with Crippen LogP contribution in [0.15, 0.2) is 77.7 Å². The van der Waals surface area contributed by atoms with Crippen LogP contribution in [0.5, 0.6) is 0 Å². The topological polar surface area (TPSA) is 69.0 Å². The van der Waals surface area contributed by atoms with Crippen molar-refractivity contribution in [3.63, 3.8) is 0 Å². The van der Waals surface area contributed by atoms with Crippen molar-refractivity contribution in [3.8, 4) is 27.9 Å². The van der Waals surface area contributed by atoms with Crippen molar-refractivity contribution in [3.05, 3.63) is 105 Å². The van der Waals surface area contributed by atoms with Gasteiger partial charge in [-0.15, -0.1) is 0 Å². The minimum atomic E-state index is -2.54. The van der Waals surface area contributed by atoms with Crippen LogP contribution in [0.2, 0.25) is 10.0 Å². The molecule has 1 heterocycles. The molecule has 9 heteroatoms. The summed E-state index contributed by atoms with van der Waals surface area (Å²) in [5.41, 5.74) is 2.75. The van der Waals surface area contributed by atoms with E-state index in [1.165, 1.54) is 24.4 Å². The summed E-state index contributed by atoms with van der Waals surface area (Å²) in [4.78, 5) is 13.5. The molecule has 0 atom stereocenters. The van der Waals surface area contributed by atoms with Gasteiger partial charge in [0.15, 0.2) is 0 Å². The Balaban J connectivity index is 1.92. The molecular weight excluding hydrogens is 474 g/mol. The van der Waals surface area contributed by atoms with Gasteiger partial charge in [-0.3, -0.25) is 4.79 Å². The molecule has 5 nitrogen and oxygen atoms in total. The first-order valence-electron chi connectivity index (χ1n) is 9.38. The van der Waals surface area contributed by atoms with Crippen LogP contribution >= 0.6 is 23.2 Å². The van der Waals surface area contributed by atoms with Gasteiger partial charge in [0.1, 0.15) is 16.5 Å². The van der Waals surface area contributed by atoms with Gasteiger partial charge < -0.3 is 0 Å². The second-order valence-corrected chi connectivity index (χ2v) is 8.77. The number of nitrogens with zero attached hydrogens (tertiary/aromatic N) is 2. The average Bonchev–Trinajstić information content (AvgIpc) is 2.76. The Morgan fingerprint density at radius 2 is 1.56 bits per heavy atom. The summed E-state index contributed by atoms with van der Waals surface area (Å²) in [5, 5.41) is 4.67. The van der Waals surface area contributed by atoms with E-state index >= 15 is 0 Å². The van der Waals surface area contributed by atoms with Gasteiger partial charge in [-0.05, 0) is 47.0 Å². The van der Waals surface area contributed by atoms with Crippen molar-refractivity contribution >= 4 is 33.9 Å². The molecule has 0 fully saturated rings. The lowest BCUT2D eigenvalue weighted by Crippen LogP contribution is -2.23. The molecule has 0 spiro atoms. The molecule has 162 valence electrons. The minimum absolute atomic E-state index is 0.0647. The molecule has 32 heavy (non-hydrogen) atoms. The molecule has 0 saturated heterocycles. The highest BCUT2D eigenvalue weighted by atomic mass is 35.5. The quantitative estimate of drug-likeness (QED) is 0.395. The minimum Gasteiger partial charge on any atom is -0.267 e. The zero-order chi connectivity index (χ0) is 22.8. The van der Waals surface area contributed by atoms with Gasteiger partial charge >= 0.3 is 0 Å². The summed E-state index contributed by atoms with van der Waals surface area (Å²) in [6, 6.07) is 17.6. The van der Waals surface area contributed by atoms with Crippen molar-refractivity contribution in [2.45, 2.75) is 5.75 Å². The number of hydrogen-bond acceptors (Lipinski definition) is 4. The Bertz CT molecular complexity index is 1430. The number of hydrogen-bond donors (Lipinski definition) is 1.